The van der Waals surface area contributed by atoms with E-state index in [1.165, 1.54) is 21.4 Å². The number of likely N-dealkylation sites (tertiary alicyclic amines) is 1. The number of amides is 1. The second-order valence-corrected chi connectivity index (χ2v) is 6.94. The van der Waals surface area contributed by atoms with E-state index in [0.717, 1.165) is 37.4 Å². The van der Waals surface area contributed by atoms with Crippen LogP contribution in [0.5, 0.6) is 0 Å². The van der Waals surface area contributed by atoms with Crippen LogP contribution >= 0.6 is 22.9 Å². The van der Waals surface area contributed by atoms with Gasteiger partial charge >= 0.3 is 0 Å². The van der Waals surface area contributed by atoms with Gasteiger partial charge in [0.05, 0.1) is 0 Å². The molecule has 0 atom stereocenters. The summed E-state index contributed by atoms with van der Waals surface area (Å²) in [5.41, 5.74) is 0. The van der Waals surface area contributed by atoms with Gasteiger partial charge in [0.15, 0.2) is 0 Å². The van der Waals surface area contributed by atoms with E-state index in [4.69, 9.17) is 11.6 Å². The monoisotopic (exact) mass is 307 g/mol. The fraction of sp³-hybridized carbons (Fsp3) is 0.438. The Morgan fingerprint density at radius 2 is 2.00 bits per heavy atom. The first kappa shape index (κ1) is 13.9. The number of halogens is 1. The minimum atomic E-state index is 0.306. The number of benzene rings is 1. The first-order chi connectivity index (χ1) is 9.72. The summed E-state index contributed by atoms with van der Waals surface area (Å²) >= 11 is 7.75. The number of aryl methyl sites for hydroxylation is 1. The molecule has 1 amide bonds. The molecule has 106 valence electrons. The average molecular weight is 308 g/mol. The molecule has 1 aliphatic rings. The minimum absolute atomic E-state index is 0.306. The molecule has 1 fully saturated rings. The number of thiophene rings is 1. The zero-order chi connectivity index (χ0) is 13.9. The van der Waals surface area contributed by atoms with Crippen molar-refractivity contribution in [2.24, 2.45) is 0 Å². The fourth-order valence-corrected chi connectivity index (χ4v) is 4.05. The quantitative estimate of drug-likeness (QED) is 0.817. The summed E-state index contributed by atoms with van der Waals surface area (Å²) in [4.78, 5) is 15.4. The summed E-state index contributed by atoms with van der Waals surface area (Å²) in [5, 5.41) is 2.00. The van der Waals surface area contributed by atoms with Gasteiger partial charge < -0.3 is 4.90 Å². The van der Waals surface area contributed by atoms with E-state index in [1.807, 2.05) is 23.1 Å². The Hall–Kier alpha value is -1.06. The third kappa shape index (κ3) is 3.15. The van der Waals surface area contributed by atoms with Gasteiger partial charge in [-0.05, 0) is 49.3 Å². The average Bonchev–Trinajstić information content (AvgIpc) is 2.87. The van der Waals surface area contributed by atoms with Crippen LogP contribution in [0.25, 0.3) is 10.1 Å². The lowest BCUT2D eigenvalue weighted by Gasteiger charge is -2.26. The molecule has 1 saturated heterocycles. The molecule has 0 saturated carbocycles. The fourth-order valence-electron chi connectivity index (χ4n) is 2.71. The first-order valence-electron chi connectivity index (χ1n) is 7.18. The van der Waals surface area contributed by atoms with Gasteiger partial charge in [0.2, 0.25) is 5.91 Å². The van der Waals surface area contributed by atoms with Gasteiger partial charge in [-0.15, -0.1) is 11.3 Å². The molecule has 0 radical (unpaired) electrons. The molecule has 2 aromatic rings. The summed E-state index contributed by atoms with van der Waals surface area (Å²) in [5.74, 6) is 0.306. The summed E-state index contributed by atoms with van der Waals surface area (Å²) in [6.07, 6.45) is 5.05. The number of fused-ring (bicyclic) bond motifs is 1. The maximum atomic E-state index is 12.2. The van der Waals surface area contributed by atoms with Crippen LogP contribution in [0.2, 0.25) is 5.02 Å². The van der Waals surface area contributed by atoms with E-state index in [2.05, 4.69) is 6.07 Å². The highest BCUT2D eigenvalue weighted by Gasteiger charge is 2.16. The molecule has 0 N–H and O–H groups in total. The molecule has 20 heavy (non-hydrogen) atoms. The second-order valence-electron chi connectivity index (χ2n) is 5.34. The van der Waals surface area contributed by atoms with Gasteiger partial charge in [-0.3, -0.25) is 4.79 Å². The van der Waals surface area contributed by atoms with Crippen LogP contribution in [-0.4, -0.2) is 23.9 Å². The largest absolute Gasteiger partial charge is 0.343 e. The van der Waals surface area contributed by atoms with Gasteiger partial charge in [-0.2, -0.15) is 0 Å². The number of hydrogen-bond acceptors (Lipinski definition) is 2. The zero-order valence-electron chi connectivity index (χ0n) is 11.4. The van der Waals surface area contributed by atoms with Crippen LogP contribution in [0.4, 0.5) is 0 Å². The normalized spacial score (nSPS) is 15.8. The highest BCUT2D eigenvalue weighted by molar-refractivity contribution is 7.19. The number of rotatable bonds is 3. The summed E-state index contributed by atoms with van der Waals surface area (Å²) in [6.45, 7) is 1.89. The van der Waals surface area contributed by atoms with Crippen molar-refractivity contribution in [3.05, 3.63) is 34.2 Å². The first-order valence-corrected chi connectivity index (χ1v) is 8.37. The molecule has 1 aliphatic heterocycles. The van der Waals surface area contributed by atoms with Crippen LogP contribution in [0.3, 0.4) is 0 Å². The molecule has 0 aliphatic carbocycles. The summed E-state index contributed by atoms with van der Waals surface area (Å²) in [7, 11) is 0. The van der Waals surface area contributed by atoms with Crippen LogP contribution in [0.15, 0.2) is 24.3 Å². The Bertz CT molecular complexity index is 616. The Kier molecular flexibility index (Phi) is 4.27. The molecule has 0 bridgehead atoms. The maximum absolute atomic E-state index is 12.2. The Balaban J connectivity index is 1.63. The van der Waals surface area contributed by atoms with Crippen molar-refractivity contribution in [3.8, 4) is 0 Å². The van der Waals surface area contributed by atoms with Crippen molar-refractivity contribution in [3.63, 3.8) is 0 Å². The zero-order valence-corrected chi connectivity index (χ0v) is 13.0. The lowest BCUT2D eigenvalue weighted by molar-refractivity contribution is -0.132. The van der Waals surface area contributed by atoms with Gasteiger partial charge in [-0.1, -0.05) is 17.7 Å². The van der Waals surface area contributed by atoms with E-state index >= 15 is 0 Å². The lowest BCUT2D eigenvalue weighted by atomic mass is 10.1. The predicted octanol–water partition coefficient (Wildman–Crippen LogP) is 4.50. The van der Waals surface area contributed by atoms with Gasteiger partial charge in [0, 0.05) is 34.1 Å². The van der Waals surface area contributed by atoms with Crippen molar-refractivity contribution >= 4 is 38.9 Å². The van der Waals surface area contributed by atoms with E-state index in [1.54, 1.807) is 11.3 Å². The molecule has 3 rings (SSSR count). The van der Waals surface area contributed by atoms with Crippen molar-refractivity contribution in [2.75, 3.05) is 13.1 Å². The molecule has 4 heteroatoms. The van der Waals surface area contributed by atoms with Crippen LogP contribution in [-0.2, 0) is 11.2 Å². The van der Waals surface area contributed by atoms with Gasteiger partial charge in [0.25, 0.3) is 0 Å². The van der Waals surface area contributed by atoms with E-state index in [0.29, 0.717) is 12.3 Å². The molecular formula is C16H18ClNOS. The third-order valence-corrected chi connectivity index (χ3v) is 5.22. The molecular weight excluding hydrogens is 290 g/mol. The van der Waals surface area contributed by atoms with Crippen LogP contribution in [0, 0.1) is 0 Å². The van der Waals surface area contributed by atoms with E-state index < -0.39 is 0 Å². The maximum Gasteiger partial charge on any atom is 0.222 e. The van der Waals surface area contributed by atoms with Crippen molar-refractivity contribution < 1.29 is 4.79 Å². The highest BCUT2D eigenvalue weighted by atomic mass is 35.5. The number of hydrogen-bond donors (Lipinski definition) is 0. The summed E-state index contributed by atoms with van der Waals surface area (Å²) < 4.78 is 1.21. The second kappa shape index (κ2) is 6.15. The topological polar surface area (TPSA) is 20.3 Å². The SMILES string of the molecule is O=C(CCc1cc2ccc(Cl)cc2s1)N1CCCCC1. The molecule has 1 aromatic carbocycles. The molecule has 0 spiro atoms. The third-order valence-electron chi connectivity index (χ3n) is 3.83. The number of carbonyl (C=O) groups excluding carboxylic acids is 1. The smallest absolute Gasteiger partial charge is 0.222 e. The highest BCUT2D eigenvalue weighted by Crippen LogP contribution is 2.29. The standard InChI is InChI=1S/C16H18ClNOS/c17-13-5-4-12-10-14(20-15(12)11-13)6-7-16(19)18-8-2-1-3-9-18/h4-5,10-11H,1-3,6-9H2. The Morgan fingerprint density at radius 1 is 1.20 bits per heavy atom. The molecule has 2 nitrogen and oxygen atoms in total. The Morgan fingerprint density at radius 3 is 2.80 bits per heavy atom. The lowest BCUT2D eigenvalue weighted by Crippen LogP contribution is -2.35. The van der Waals surface area contributed by atoms with Gasteiger partial charge in [-0.25, -0.2) is 0 Å². The van der Waals surface area contributed by atoms with Crippen molar-refractivity contribution in [1.82, 2.24) is 4.90 Å². The summed E-state index contributed by atoms with van der Waals surface area (Å²) in [6, 6.07) is 8.14. The number of nitrogens with zero attached hydrogens (tertiary/aromatic N) is 1. The molecule has 2 heterocycles. The van der Waals surface area contributed by atoms with Crippen LogP contribution < -0.4 is 0 Å². The van der Waals surface area contributed by atoms with E-state index in [9.17, 15) is 4.79 Å². The van der Waals surface area contributed by atoms with Crippen molar-refractivity contribution in [2.45, 2.75) is 32.1 Å². The minimum Gasteiger partial charge on any atom is -0.343 e. The van der Waals surface area contributed by atoms with Crippen LogP contribution in [0.1, 0.15) is 30.6 Å². The Labute approximate surface area is 128 Å². The number of carbonyl (C=O) groups is 1. The molecule has 0 unspecified atom stereocenters. The predicted molar refractivity (Wildman–Crippen MR) is 85.6 cm³/mol. The van der Waals surface area contributed by atoms with E-state index in [-0.39, 0.29) is 0 Å². The van der Waals surface area contributed by atoms with Crippen molar-refractivity contribution in [1.29, 1.82) is 0 Å². The van der Waals surface area contributed by atoms with Gasteiger partial charge in [0.1, 0.15) is 0 Å². The number of piperidine rings is 1. The molecule has 1 aromatic heterocycles.